The second-order valence-corrected chi connectivity index (χ2v) is 8.41. The van der Waals surface area contributed by atoms with E-state index in [0.29, 0.717) is 10.9 Å². The molecule has 5 nitrogen and oxygen atoms in total. The normalized spacial score (nSPS) is 24.2. The number of hydrogen-bond acceptors (Lipinski definition) is 4. The van der Waals surface area contributed by atoms with Crippen molar-refractivity contribution in [2.45, 2.75) is 50.1 Å². The molecule has 2 aliphatic rings. The Morgan fingerprint density at radius 2 is 1.87 bits per heavy atom. The first-order valence-corrected chi connectivity index (χ1v) is 9.85. The number of sulfonamides is 1. The van der Waals surface area contributed by atoms with Crippen LogP contribution in [0.1, 0.15) is 30.4 Å². The summed E-state index contributed by atoms with van der Waals surface area (Å²) in [5, 5.41) is 0. The molecule has 128 valence electrons. The van der Waals surface area contributed by atoms with Crippen LogP contribution in [-0.2, 0) is 14.8 Å². The summed E-state index contributed by atoms with van der Waals surface area (Å²) in [5.41, 5.74) is 2.11. The summed E-state index contributed by atoms with van der Waals surface area (Å²) in [6.45, 7) is 7.33. The van der Waals surface area contributed by atoms with Crippen LogP contribution in [-0.4, -0.2) is 51.7 Å². The highest BCUT2D eigenvalue weighted by atomic mass is 32.2. The minimum Gasteiger partial charge on any atom is -0.381 e. The minimum absolute atomic E-state index is 0.00412. The van der Waals surface area contributed by atoms with Gasteiger partial charge in [-0.3, -0.25) is 4.90 Å². The number of likely N-dealkylation sites (tertiary alicyclic amines) is 1. The summed E-state index contributed by atoms with van der Waals surface area (Å²) in [5.74, 6) is 0. The Labute approximate surface area is 139 Å². The Bertz CT molecular complexity index is 654. The van der Waals surface area contributed by atoms with E-state index in [0.717, 1.165) is 56.7 Å². The first kappa shape index (κ1) is 16.9. The lowest BCUT2D eigenvalue weighted by molar-refractivity contribution is 0.0418. The van der Waals surface area contributed by atoms with Gasteiger partial charge in [-0.25, -0.2) is 13.1 Å². The molecule has 0 radical (unpaired) electrons. The van der Waals surface area contributed by atoms with E-state index in [-0.39, 0.29) is 6.04 Å². The lowest BCUT2D eigenvalue weighted by Gasteiger charge is -2.31. The Balaban J connectivity index is 1.63. The molecule has 2 saturated heterocycles. The molecule has 2 aliphatic heterocycles. The second kappa shape index (κ2) is 6.89. The first-order chi connectivity index (χ1) is 11.0. The van der Waals surface area contributed by atoms with E-state index in [1.165, 1.54) is 0 Å². The fraction of sp³-hybridized carbons (Fsp3) is 0.647. The van der Waals surface area contributed by atoms with Crippen molar-refractivity contribution in [3.8, 4) is 0 Å². The van der Waals surface area contributed by atoms with Crippen molar-refractivity contribution >= 4 is 10.0 Å². The van der Waals surface area contributed by atoms with Crippen molar-refractivity contribution < 1.29 is 13.2 Å². The molecule has 2 heterocycles. The predicted molar refractivity (Wildman–Crippen MR) is 90.1 cm³/mol. The molecule has 0 spiro atoms. The van der Waals surface area contributed by atoms with E-state index in [4.69, 9.17) is 4.74 Å². The molecule has 1 N–H and O–H groups in total. The summed E-state index contributed by atoms with van der Waals surface area (Å²) in [6.07, 6.45) is 2.98. The van der Waals surface area contributed by atoms with Crippen LogP contribution >= 0.6 is 0 Å². The average molecular weight is 338 g/mol. The van der Waals surface area contributed by atoms with E-state index in [9.17, 15) is 8.42 Å². The van der Waals surface area contributed by atoms with Crippen LogP contribution in [0.3, 0.4) is 0 Å². The summed E-state index contributed by atoms with van der Waals surface area (Å²) >= 11 is 0. The SMILES string of the molecule is Cc1ccc(S(=O)(=O)NC2CCN(C3CCOCC3)C2)cc1C. The maximum Gasteiger partial charge on any atom is 0.240 e. The van der Waals surface area contributed by atoms with Gasteiger partial charge in [0.15, 0.2) is 0 Å². The fourth-order valence-corrected chi connectivity index (χ4v) is 4.78. The van der Waals surface area contributed by atoms with Gasteiger partial charge in [-0.05, 0) is 56.4 Å². The van der Waals surface area contributed by atoms with Crippen molar-refractivity contribution in [2.75, 3.05) is 26.3 Å². The van der Waals surface area contributed by atoms with Gasteiger partial charge in [0.2, 0.25) is 10.0 Å². The minimum atomic E-state index is -3.44. The lowest BCUT2D eigenvalue weighted by Crippen LogP contribution is -2.41. The van der Waals surface area contributed by atoms with Gasteiger partial charge in [0, 0.05) is 38.4 Å². The van der Waals surface area contributed by atoms with E-state index in [1.54, 1.807) is 12.1 Å². The molecule has 1 atom stereocenters. The molecule has 6 heteroatoms. The number of ether oxygens (including phenoxy) is 1. The molecule has 23 heavy (non-hydrogen) atoms. The van der Waals surface area contributed by atoms with Gasteiger partial charge in [-0.2, -0.15) is 0 Å². The van der Waals surface area contributed by atoms with Gasteiger partial charge in [-0.15, -0.1) is 0 Å². The maximum absolute atomic E-state index is 12.6. The van der Waals surface area contributed by atoms with Gasteiger partial charge >= 0.3 is 0 Å². The number of aryl methyl sites for hydroxylation is 2. The molecule has 0 saturated carbocycles. The summed E-state index contributed by atoms with van der Waals surface area (Å²) in [7, 11) is -3.44. The highest BCUT2D eigenvalue weighted by Crippen LogP contribution is 2.22. The predicted octanol–water partition coefficient (Wildman–Crippen LogP) is 1.84. The molecular formula is C17H26N2O3S. The quantitative estimate of drug-likeness (QED) is 0.910. The highest BCUT2D eigenvalue weighted by Gasteiger charge is 2.31. The van der Waals surface area contributed by atoms with Crippen LogP contribution in [0.4, 0.5) is 0 Å². The Hall–Kier alpha value is -0.950. The van der Waals surface area contributed by atoms with Crippen LogP contribution in [0.15, 0.2) is 23.1 Å². The summed E-state index contributed by atoms with van der Waals surface area (Å²) in [6, 6.07) is 5.86. The molecule has 0 aliphatic carbocycles. The summed E-state index contributed by atoms with van der Waals surface area (Å²) < 4.78 is 33.5. The van der Waals surface area contributed by atoms with Crippen LogP contribution < -0.4 is 4.72 Å². The molecule has 0 amide bonds. The van der Waals surface area contributed by atoms with Crippen molar-refractivity contribution in [3.05, 3.63) is 29.3 Å². The maximum atomic E-state index is 12.6. The Morgan fingerprint density at radius 1 is 1.13 bits per heavy atom. The fourth-order valence-electron chi connectivity index (χ4n) is 3.43. The topological polar surface area (TPSA) is 58.6 Å². The lowest BCUT2D eigenvalue weighted by atomic mass is 10.1. The molecule has 1 unspecified atom stereocenters. The third-order valence-corrected chi connectivity index (χ3v) is 6.56. The third kappa shape index (κ3) is 3.94. The van der Waals surface area contributed by atoms with Crippen LogP contribution in [0.25, 0.3) is 0 Å². The molecule has 1 aromatic rings. The number of rotatable bonds is 4. The number of nitrogens with zero attached hydrogens (tertiary/aromatic N) is 1. The molecule has 0 aromatic heterocycles. The van der Waals surface area contributed by atoms with Crippen LogP contribution in [0, 0.1) is 13.8 Å². The zero-order valence-electron chi connectivity index (χ0n) is 13.9. The molecule has 0 bridgehead atoms. The third-order valence-electron chi connectivity index (χ3n) is 5.04. The van der Waals surface area contributed by atoms with Crippen LogP contribution in [0.2, 0.25) is 0 Å². The van der Waals surface area contributed by atoms with Crippen molar-refractivity contribution in [1.82, 2.24) is 9.62 Å². The van der Waals surface area contributed by atoms with E-state index >= 15 is 0 Å². The van der Waals surface area contributed by atoms with Crippen molar-refractivity contribution in [2.24, 2.45) is 0 Å². The number of hydrogen-bond donors (Lipinski definition) is 1. The van der Waals surface area contributed by atoms with Gasteiger partial charge in [-0.1, -0.05) is 6.07 Å². The average Bonchev–Trinajstić information content (AvgIpc) is 2.98. The van der Waals surface area contributed by atoms with E-state index < -0.39 is 10.0 Å². The highest BCUT2D eigenvalue weighted by molar-refractivity contribution is 7.89. The standard InChI is InChI=1S/C17H26N2O3S/c1-13-3-4-17(11-14(13)2)23(20,21)18-15-5-8-19(12-15)16-6-9-22-10-7-16/h3-4,11,15-16,18H,5-10,12H2,1-2H3. The largest absolute Gasteiger partial charge is 0.381 e. The Kier molecular flexibility index (Phi) is 5.06. The second-order valence-electron chi connectivity index (χ2n) is 6.69. The van der Waals surface area contributed by atoms with Gasteiger partial charge < -0.3 is 4.74 Å². The number of nitrogens with one attached hydrogen (secondary N) is 1. The van der Waals surface area contributed by atoms with E-state index in [2.05, 4.69) is 9.62 Å². The van der Waals surface area contributed by atoms with Crippen molar-refractivity contribution in [3.63, 3.8) is 0 Å². The number of benzene rings is 1. The smallest absolute Gasteiger partial charge is 0.240 e. The van der Waals surface area contributed by atoms with Crippen LogP contribution in [0.5, 0.6) is 0 Å². The molecule has 2 fully saturated rings. The first-order valence-electron chi connectivity index (χ1n) is 8.37. The van der Waals surface area contributed by atoms with Gasteiger partial charge in [0.05, 0.1) is 4.90 Å². The summed E-state index contributed by atoms with van der Waals surface area (Å²) in [4.78, 5) is 2.78. The molecule has 1 aromatic carbocycles. The van der Waals surface area contributed by atoms with E-state index in [1.807, 2.05) is 19.9 Å². The van der Waals surface area contributed by atoms with Gasteiger partial charge in [0.1, 0.15) is 0 Å². The zero-order valence-corrected chi connectivity index (χ0v) is 14.7. The Morgan fingerprint density at radius 3 is 2.57 bits per heavy atom. The van der Waals surface area contributed by atoms with Crippen molar-refractivity contribution in [1.29, 1.82) is 0 Å². The molecule has 3 rings (SSSR count). The molecular weight excluding hydrogens is 312 g/mol. The van der Waals surface area contributed by atoms with Gasteiger partial charge in [0.25, 0.3) is 0 Å². The zero-order chi connectivity index (χ0) is 16.4. The monoisotopic (exact) mass is 338 g/mol.